The molecule has 0 radical (unpaired) electrons. The van der Waals surface area contributed by atoms with Crippen molar-refractivity contribution in [2.75, 3.05) is 0 Å². The van der Waals surface area contributed by atoms with Gasteiger partial charge in [-0.05, 0) is 48.4 Å². The monoisotopic (exact) mass is 366 g/mol. The first kappa shape index (κ1) is 21.2. The van der Waals surface area contributed by atoms with Gasteiger partial charge >= 0.3 is 5.97 Å². The van der Waals surface area contributed by atoms with Crippen molar-refractivity contribution in [3.63, 3.8) is 0 Å². The number of rotatable bonds is 10. The van der Waals surface area contributed by atoms with Gasteiger partial charge in [0, 0.05) is 0 Å². The second-order valence-corrected chi connectivity index (χ2v) is 7.52. The van der Waals surface area contributed by atoms with Gasteiger partial charge in [-0.1, -0.05) is 88.6 Å². The summed E-state index contributed by atoms with van der Waals surface area (Å²) in [7, 11) is 0. The third-order valence-electron chi connectivity index (χ3n) is 5.29. The average Bonchev–Trinajstić information content (AvgIpc) is 2.71. The van der Waals surface area contributed by atoms with E-state index >= 15 is 0 Å². The lowest BCUT2D eigenvalue weighted by molar-refractivity contribution is -0.153. The zero-order valence-corrected chi connectivity index (χ0v) is 17.3. The molecule has 0 aliphatic carbocycles. The van der Waals surface area contributed by atoms with Crippen LogP contribution in [0.4, 0.5) is 0 Å². The molecule has 0 aliphatic heterocycles. The highest BCUT2D eigenvalue weighted by Crippen LogP contribution is 2.25. The topological polar surface area (TPSA) is 26.3 Å². The number of carbonyl (C=O) groups excluding carboxylic acids is 1. The minimum absolute atomic E-state index is 0.0489. The largest absolute Gasteiger partial charge is 0.458 e. The number of ether oxygens (including phenoxy) is 1. The van der Waals surface area contributed by atoms with Crippen molar-refractivity contribution in [1.29, 1.82) is 0 Å². The molecule has 0 aromatic heterocycles. The van der Waals surface area contributed by atoms with Crippen molar-refractivity contribution < 1.29 is 9.53 Å². The first-order valence-electron chi connectivity index (χ1n) is 10.4. The van der Waals surface area contributed by atoms with Crippen molar-refractivity contribution in [2.45, 2.75) is 72.3 Å². The smallest absolute Gasteiger partial charge is 0.309 e. The van der Waals surface area contributed by atoms with E-state index in [9.17, 15) is 4.79 Å². The predicted molar refractivity (Wildman–Crippen MR) is 114 cm³/mol. The van der Waals surface area contributed by atoms with Gasteiger partial charge in [0.15, 0.2) is 0 Å². The molecule has 0 N–H and O–H groups in total. The maximum Gasteiger partial charge on any atom is 0.309 e. The van der Waals surface area contributed by atoms with Crippen LogP contribution in [0.3, 0.4) is 0 Å². The molecule has 0 saturated heterocycles. The van der Waals surface area contributed by atoms with Crippen LogP contribution in [0.25, 0.3) is 11.1 Å². The molecule has 0 saturated carbocycles. The Bertz CT molecular complexity index is 685. The molecule has 0 aliphatic rings. The summed E-state index contributed by atoms with van der Waals surface area (Å²) in [4.78, 5) is 12.0. The Morgan fingerprint density at radius 2 is 1.44 bits per heavy atom. The number of hydrogen-bond donors (Lipinski definition) is 0. The molecular weight excluding hydrogens is 332 g/mol. The standard InChI is InChI=1S/C25H34O2/c1-5-7-8-9-10-21-11-13-23(14-12-21)24-17-15-22(16-18-24)20(4)27-25(26)19(3)6-2/h11-20H,5-10H2,1-4H3. The lowest BCUT2D eigenvalue weighted by Crippen LogP contribution is -2.16. The van der Waals surface area contributed by atoms with Crippen LogP contribution < -0.4 is 0 Å². The van der Waals surface area contributed by atoms with E-state index in [1.54, 1.807) is 0 Å². The molecule has 0 fully saturated rings. The lowest BCUT2D eigenvalue weighted by atomic mass is 9.99. The molecule has 2 nitrogen and oxygen atoms in total. The highest BCUT2D eigenvalue weighted by Gasteiger charge is 2.16. The molecule has 27 heavy (non-hydrogen) atoms. The van der Waals surface area contributed by atoms with Gasteiger partial charge in [-0.15, -0.1) is 0 Å². The maximum absolute atomic E-state index is 12.0. The molecule has 0 bridgehead atoms. The summed E-state index contributed by atoms with van der Waals surface area (Å²) in [5, 5.41) is 0. The fourth-order valence-electron chi connectivity index (χ4n) is 3.09. The summed E-state index contributed by atoms with van der Waals surface area (Å²) in [5.41, 5.74) is 4.86. The fraction of sp³-hybridized carbons (Fsp3) is 0.480. The first-order chi connectivity index (χ1) is 13.0. The van der Waals surface area contributed by atoms with Crippen molar-refractivity contribution >= 4 is 5.97 Å². The number of benzene rings is 2. The van der Waals surface area contributed by atoms with E-state index in [2.05, 4.69) is 55.5 Å². The lowest BCUT2D eigenvalue weighted by Gasteiger charge is -2.16. The Morgan fingerprint density at radius 3 is 2.00 bits per heavy atom. The number of hydrogen-bond acceptors (Lipinski definition) is 2. The van der Waals surface area contributed by atoms with Gasteiger partial charge in [-0.3, -0.25) is 4.79 Å². The van der Waals surface area contributed by atoms with Crippen molar-refractivity contribution in [1.82, 2.24) is 0 Å². The molecule has 0 amide bonds. The summed E-state index contributed by atoms with van der Waals surface area (Å²) in [6.07, 6.45) is 6.96. The van der Waals surface area contributed by atoms with E-state index in [4.69, 9.17) is 4.74 Å². The van der Waals surface area contributed by atoms with Crippen LogP contribution >= 0.6 is 0 Å². The van der Waals surface area contributed by atoms with Crippen LogP contribution in [-0.2, 0) is 16.0 Å². The number of carbonyl (C=O) groups is 1. The zero-order valence-electron chi connectivity index (χ0n) is 17.3. The number of unbranched alkanes of at least 4 members (excludes halogenated alkanes) is 3. The van der Waals surface area contributed by atoms with Crippen LogP contribution in [0.1, 0.15) is 77.0 Å². The highest BCUT2D eigenvalue weighted by atomic mass is 16.5. The second-order valence-electron chi connectivity index (χ2n) is 7.52. The molecule has 2 atom stereocenters. The van der Waals surface area contributed by atoms with Gasteiger partial charge in [0.2, 0.25) is 0 Å². The summed E-state index contributed by atoms with van der Waals surface area (Å²) in [6, 6.07) is 17.2. The third kappa shape index (κ3) is 6.53. The number of esters is 1. The van der Waals surface area contributed by atoms with Gasteiger partial charge in [0.1, 0.15) is 6.10 Å². The Kier molecular flexibility index (Phi) is 8.57. The predicted octanol–water partition coefficient (Wildman–Crippen LogP) is 7.13. The van der Waals surface area contributed by atoms with Crippen molar-refractivity contribution in [3.05, 3.63) is 59.7 Å². The van der Waals surface area contributed by atoms with Crippen LogP contribution in [-0.4, -0.2) is 5.97 Å². The van der Waals surface area contributed by atoms with E-state index in [0.717, 1.165) is 18.4 Å². The minimum atomic E-state index is -0.217. The molecule has 2 unspecified atom stereocenters. The molecule has 0 spiro atoms. The highest BCUT2D eigenvalue weighted by molar-refractivity contribution is 5.72. The van der Waals surface area contributed by atoms with Crippen molar-refractivity contribution in [2.24, 2.45) is 5.92 Å². The first-order valence-corrected chi connectivity index (χ1v) is 10.4. The maximum atomic E-state index is 12.0. The van der Waals surface area contributed by atoms with E-state index < -0.39 is 0 Å². The Balaban J connectivity index is 1.95. The van der Waals surface area contributed by atoms with E-state index in [1.807, 2.05) is 20.8 Å². The molecular formula is C25H34O2. The molecule has 2 aromatic rings. The fourth-order valence-corrected chi connectivity index (χ4v) is 3.09. The summed E-state index contributed by atoms with van der Waals surface area (Å²) < 4.78 is 5.57. The third-order valence-corrected chi connectivity index (χ3v) is 5.29. The van der Waals surface area contributed by atoms with Gasteiger partial charge in [-0.2, -0.15) is 0 Å². The normalized spacial score (nSPS) is 13.2. The van der Waals surface area contributed by atoms with Gasteiger partial charge in [0.05, 0.1) is 5.92 Å². The van der Waals surface area contributed by atoms with Crippen LogP contribution in [0.2, 0.25) is 0 Å². The Morgan fingerprint density at radius 1 is 0.852 bits per heavy atom. The van der Waals surface area contributed by atoms with Gasteiger partial charge in [0.25, 0.3) is 0 Å². The van der Waals surface area contributed by atoms with Crippen LogP contribution in [0, 0.1) is 5.92 Å². The van der Waals surface area contributed by atoms with Crippen LogP contribution in [0.5, 0.6) is 0 Å². The summed E-state index contributed by atoms with van der Waals surface area (Å²) >= 11 is 0. The summed E-state index contributed by atoms with van der Waals surface area (Å²) in [5.74, 6) is -0.171. The van der Waals surface area contributed by atoms with Gasteiger partial charge < -0.3 is 4.74 Å². The van der Waals surface area contributed by atoms with E-state index in [-0.39, 0.29) is 18.0 Å². The van der Waals surface area contributed by atoms with E-state index in [1.165, 1.54) is 42.4 Å². The second kappa shape index (κ2) is 10.9. The average molecular weight is 367 g/mol. The number of aryl methyl sites for hydroxylation is 1. The Hall–Kier alpha value is -2.09. The molecule has 2 rings (SSSR count). The van der Waals surface area contributed by atoms with Crippen molar-refractivity contribution in [3.8, 4) is 11.1 Å². The molecule has 146 valence electrons. The molecule has 2 aromatic carbocycles. The van der Waals surface area contributed by atoms with Gasteiger partial charge in [-0.25, -0.2) is 0 Å². The van der Waals surface area contributed by atoms with Crippen LogP contribution in [0.15, 0.2) is 48.5 Å². The zero-order chi connectivity index (χ0) is 19.6. The minimum Gasteiger partial charge on any atom is -0.458 e. The molecule has 0 heterocycles. The Labute approximate surface area is 165 Å². The molecule has 2 heteroatoms. The summed E-state index contributed by atoms with van der Waals surface area (Å²) in [6.45, 7) is 8.09. The van der Waals surface area contributed by atoms with E-state index in [0.29, 0.717) is 0 Å². The quantitative estimate of drug-likeness (QED) is 0.330. The SMILES string of the molecule is CCCCCCc1ccc(-c2ccc(C(C)OC(=O)C(C)CC)cc2)cc1.